The van der Waals surface area contributed by atoms with Crippen molar-refractivity contribution in [2.24, 2.45) is 5.92 Å². The second-order valence-corrected chi connectivity index (χ2v) is 4.96. The highest BCUT2D eigenvalue weighted by Crippen LogP contribution is 2.30. The van der Waals surface area contributed by atoms with Crippen LogP contribution in [0.3, 0.4) is 0 Å². The zero-order valence-electron chi connectivity index (χ0n) is 10.4. The van der Waals surface area contributed by atoms with Crippen LogP contribution in [0.25, 0.3) is 10.9 Å². The molecule has 1 aromatic heterocycles. The Hall–Kier alpha value is -1.89. The Kier molecular flexibility index (Phi) is 3.01. The number of hydrogen-bond acceptors (Lipinski definition) is 3. The fraction of sp³-hybridized carbons (Fsp3) is 0.385. The third kappa shape index (κ3) is 2.29. The van der Waals surface area contributed by atoms with Gasteiger partial charge in [-0.3, -0.25) is 9.36 Å². The van der Waals surface area contributed by atoms with Crippen molar-refractivity contribution < 1.29 is 13.2 Å². The van der Waals surface area contributed by atoms with Crippen LogP contribution < -0.4 is 10.9 Å². The van der Waals surface area contributed by atoms with E-state index in [0.29, 0.717) is 12.5 Å². The molecule has 1 saturated heterocycles. The number of nitrogens with zero attached hydrogens (tertiary/aromatic N) is 2. The van der Waals surface area contributed by atoms with Gasteiger partial charge in [-0.2, -0.15) is 13.2 Å². The van der Waals surface area contributed by atoms with Crippen molar-refractivity contribution in [3.8, 4) is 0 Å². The van der Waals surface area contributed by atoms with Crippen LogP contribution in [0.15, 0.2) is 29.3 Å². The largest absolute Gasteiger partial charge is 0.416 e. The monoisotopic (exact) mass is 283 g/mol. The van der Waals surface area contributed by atoms with Gasteiger partial charge in [0.2, 0.25) is 0 Å². The number of aromatic nitrogens is 2. The molecule has 0 amide bonds. The van der Waals surface area contributed by atoms with Gasteiger partial charge in [-0.25, -0.2) is 4.98 Å². The number of nitrogens with one attached hydrogen (secondary N) is 1. The smallest absolute Gasteiger partial charge is 0.316 e. The van der Waals surface area contributed by atoms with E-state index in [1.807, 2.05) is 0 Å². The van der Waals surface area contributed by atoms with Gasteiger partial charge in [-0.05, 0) is 18.2 Å². The van der Waals surface area contributed by atoms with Crippen molar-refractivity contribution in [1.29, 1.82) is 0 Å². The molecule has 7 heteroatoms. The van der Waals surface area contributed by atoms with Crippen molar-refractivity contribution in [3.63, 3.8) is 0 Å². The quantitative estimate of drug-likeness (QED) is 0.911. The van der Waals surface area contributed by atoms with E-state index in [1.54, 1.807) is 0 Å². The van der Waals surface area contributed by atoms with Crippen molar-refractivity contribution in [3.05, 3.63) is 40.4 Å². The minimum absolute atomic E-state index is 0.0767. The normalized spacial score (nSPS) is 16.4. The van der Waals surface area contributed by atoms with E-state index in [2.05, 4.69) is 10.3 Å². The van der Waals surface area contributed by atoms with E-state index in [0.717, 1.165) is 25.2 Å². The molecule has 20 heavy (non-hydrogen) atoms. The van der Waals surface area contributed by atoms with E-state index in [4.69, 9.17) is 0 Å². The fourth-order valence-corrected chi connectivity index (χ4v) is 2.22. The lowest BCUT2D eigenvalue weighted by molar-refractivity contribution is -0.137. The van der Waals surface area contributed by atoms with Crippen molar-refractivity contribution >= 4 is 10.9 Å². The van der Waals surface area contributed by atoms with Crippen LogP contribution in [0.4, 0.5) is 13.2 Å². The molecule has 0 aliphatic carbocycles. The van der Waals surface area contributed by atoms with Crippen molar-refractivity contribution in [2.45, 2.75) is 12.7 Å². The maximum atomic E-state index is 12.6. The van der Waals surface area contributed by atoms with Gasteiger partial charge in [0.05, 0.1) is 22.8 Å². The Balaban J connectivity index is 2.02. The molecule has 2 heterocycles. The number of rotatable bonds is 2. The molecule has 0 radical (unpaired) electrons. The summed E-state index contributed by atoms with van der Waals surface area (Å²) < 4.78 is 39.3. The summed E-state index contributed by atoms with van der Waals surface area (Å²) in [4.78, 5) is 16.2. The highest BCUT2D eigenvalue weighted by Gasteiger charge is 2.30. The maximum absolute atomic E-state index is 12.6. The van der Waals surface area contributed by atoms with Crippen LogP contribution in [0, 0.1) is 5.92 Å². The van der Waals surface area contributed by atoms with Gasteiger partial charge < -0.3 is 5.32 Å². The molecule has 2 aromatic rings. The van der Waals surface area contributed by atoms with Crippen molar-refractivity contribution in [1.82, 2.24) is 14.9 Å². The lowest BCUT2D eigenvalue weighted by atomic mass is 10.0. The summed E-state index contributed by atoms with van der Waals surface area (Å²) in [6.07, 6.45) is -3.11. The lowest BCUT2D eigenvalue weighted by Gasteiger charge is -2.27. The van der Waals surface area contributed by atoms with Crippen LogP contribution in [0.1, 0.15) is 5.56 Å². The van der Waals surface area contributed by atoms with Gasteiger partial charge in [0.1, 0.15) is 0 Å². The summed E-state index contributed by atoms with van der Waals surface area (Å²) in [5, 5.41) is 3.32. The second-order valence-electron chi connectivity index (χ2n) is 4.96. The highest BCUT2D eigenvalue weighted by atomic mass is 19.4. The third-order valence-electron chi connectivity index (χ3n) is 3.47. The minimum Gasteiger partial charge on any atom is -0.316 e. The molecule has 0 unspecified atom stereocenters. The van der Waals surface area contributed by atoms with E-state index >= 15 is 0 Å². The Bertz CT molecular complexity index is 704. The zero-order valence-corrected chi connectivity index (χ0v) is 10.4. The predicted molar refractivity (Wildman–Crippen MR) is 67.4 cm³/mol. The fourth-order valence-electron chi connectivity index (χ4n) is 2.22. The van der Waals surface area contributed by atoms with E-state index in [1.165, 1.54) is 17.0 Å². The summed E-state index contributed by atoms with van der Waals surface area (Å²) in [6, 6.07) is 3.02. The van der Waals surface area contributed by atoms with E-state index < -0.39 is 11.7 Å². The van der Waals surface area contributed by atoms with E-state index in [-0.39, 0.29) is 16.5 Å². The van der Waals surface area contributed by atoms with Gasteiger partial charge in [-0.15, -0.1) is 0 Å². The van der Waals surface area contributed by atoms with Crippen LogP contribution in [0.5, 0.6) is 0 Å². The standard InChI is InChI=1S/C13H12F3N3O/c14-13(15,16)9-1-2-10-11(3-9)18-7-19(12(10)20)6-8-4-17-5-8/h1-3,7-8,17H,4-6H2. The zero-order chi connectivity index (χ0) is 14.3. The number of halogens is 3. The molecular formula is C13H12F3N3O. The highest BCUT2D eigenvalue weighted by molar-refractivity contribution is 5.78. The SMILES string of the molecule is O=c1c2ccc(C(F)(F)F)cc2ncn1CC1CNC1. The number of hydrogen-bond donors (Lipinski definition) is 1. The third-order valence-corrected chi connectivity index (χ3v) is 3.47. The number of benzene rings is 1. The Labute approximate surface area is 112 Å². The van der Waals surface area contributed by atoms with Crippen LogP contribution in [-0.2, 0) is 12.7 Å². The van der Waals surface area contributed by atoms with Crippen molar-refractivity contribution in [2.75, 3.05) is 13.1 Å². The van der Waals surface area contributed by atoms with Gasteiger partial charge in [0.15, 0.2) is 0 Å². The molecule has 106 valence electrons. The van der Waals surface area contributed by atoms with Gasteiger partial charge >= 0.3 is 6.18 Å². The lowest BCUT2D eigenvalue weighted by Crippen LogP contribution is -2.45. The average molecular weight is 283 g/mol. The number of alkyl halides is 3. The van der Waals surface area contributed by atoms with Crippen LogP contribution >= 0.6 is 0 Å². The molecule has 0 spiro atoms. The van der Waals surface area contributed by atoms with E-state index in [9.17, 15) is 18.0 Å². The van der Waals surface area contributed by atoms with Crippen LogP contribution in [-0.4, -0.2) is 22.6 Å². The predicted octanol–water partition coefficient (Wildman–Crippen LogP) is 1.63. The molecule has 4 nitrogen and oxygen atoms in total. The molecule has 1 aromatic carbocycles. The molecule has 1 aliphatic rings. The minimum atomic E-state index is -4.43. The summed E-state index contributed by atoms with van der Waals surface area (Å²) >= 11 is 0. The molecule has 0 atom stereocenters. The molecule has 3 rings (SSSR count). The maximum Gasteiger partial charge on any atom is 0.416 e. The molecule has 1 fully saturated rings. The summed E-state index contributed by atoms with van der Waals surface area (Å²) in [6.45, 7) is 2.23. The molecular weight excluding hydrogens is 271 g/mol. The van der Waals surface area contributed by atoms with Gasteiger partial charge in [0.25, 0.3) is 5.56 Å². The number of fused-ring (bicyclic) bond motifs is 1. The Morgan fingerprint density at radius 3 is 2.70 bits per heavy atom. The summed E-state index contributed by atoms with van der Waals surface area (Å²) in [7, 11) is 0. The average Bonchev–Trinajstić information content (AvgIpc) is 2.34. The van der Waals surface area contributed by atoms with Gasteiger partial charge in [-0.1, -0.05) is 0 Å². The summed E-state index contributed by atoms with van der Waals surface area (Å²) in [5.41, 5.74) is -1.01. The first-order valence-electron chi connectivity index (χ1n) is 6.22. The summed E-state index contributed by atoms with van der Waals surface area (Å²) in [5.74, 6) is 0.376. The first-order chi connectivity index (χ1) is 9.45. The molecule has 1 N–H and O–H groups in total. The first-order valence-corrected chi connectivity index (χ1v) is 6.22. The van der Waals surface area contributed by atoms with Crippen LogP contribution in [0.2, 0.25) is 0 Å². The molecule has 1 aliphatic heterocycles. The topological polar surface area (TPSA) is 46.9 Å². The molecule has 0 bridgehead atoms. The first kappa shape index (κ1) is 13.1. The molecule has 0 saturated carbocycles. The Morgan fingerprint density at radius 2 is 2.10 bits per heavy atom. The second kappa shape index (κ2) is 4.59. The van der Waals surface area contributed by atoms with Gasteiger partial charge in [0, 0.05) is 25.6 Å². The Morgan fingerprint density at radius 1 is 1.35 bits per heavy atom.